The first-order valence-corrected chi connectivity index (χ1v) is 5.39. The SMILES string of the molecule is C#CCCC(NCC)C(C)(C)OCC. The van der Waals surface area contributed by atoms with Gasteiger partial charge in [-0.25, -0.2) is 0 Å². The van der Waals surface area contributed by atoms with Crippen molar-refractivity contribution in [2.24, 2.45) is 0 Å². The van der Waals surface area contributed by atoms with Crippen LogP contribution in [0.5, 0.6) is 0 Å². The number of likely N-dealkylation sites (N-methyl/N-ethyl adjacent to an activating group) is 1. The van der Waals surface area contributed by atoms with Gasteiger partial charge in [-0.15, -0.1) is 12.3 Å². The van der Waals surface area contributed by atoms with Gasteiger partial charge in [0.1, 0.15) is 0 Å². The van der Waals surface area contributed by atoms with Crippen LogP contribution in [0.15, 0.2) is 0 Å². The largest absolute Gasteiger partial charge is 0.374 e. The minimum absolute atomic E-state index is 0.137. The average molecular weight is 197 g/mol. The lowest BCUT2D eigenvalue weighted by atomic mass is 9.94. The van der Waals surface area contributed by atoms with Crippen molar-refractivity contribution in [3.63, 3.8) is 0 Å². The fraction of sp³-hybridized carbons (Fsp3) is 0.833. The van der Waals surface area contributed by atoms with Crippen molar-refractivity contribution in [2.75, 3.05) is 13.2 Å². The summed E-state index contributed by atoms with van der Waals surface area (Å²) in [5, 5.41) is 3.42. The van der Waals surface area contributed by atoms with E-state index < -0.39 is 0 Å². The molecule has 0 heterocycles. The third kappa shape index (κ3) is 4.64. The van der Waals surface area contributed by atoms with Gasteiger partial charge in [-0.05, 0) is 33.7 Å². The molecule has 1 N–H and O–H groups in total. The highest BCUT2D eigenvalue weighted by Crippen LogP contribution is 2.18. The van der Waals surface area contributed by atoms with E-state index in [1.165, 1.54) is 0 Å². The molecule has 0 aliphatic rings. The second-order valence-corrected chi connectivity index (χ2v) is 3.89. The summed E-state index contributed by atoms with van der Waals surface area (Å²) >= 11 is 0. The molecule has 14 heavy (non-hydrogen) atoms. The molecule has 0 spiro atoms. The maximum atomic E-state index is 5.71. The molecular formula is C12H23NO. The Balaban J connectivity index is 4.23. The second-order valence-electron chi connectivity index (χ2n) is 3.89. The predicted molar refractivity (Wildman–Crippen MR) is 61.2 cm³/mol. The Hall–Kier alpha value is -0.520. The van der Waals surface area contributed by atoms with E-state index in [0.717, 1.165) is 26.0 Å². The van der Waals surface area contributed by atoms with Crippen LogP contribution < -0.4 is 5.32 Å². The summed E-state index contributed by atoms with van der Waals surface area (Å²) in [4.78, 5) is 0. The molecule has 2 nitrogen and oxygen atoms in total. The summed E-state index contributed by atoms with van der Waals surface area (Å²) in [6.07, 6.45) is 7.04. The molecule has 0 saturated carbocycles. The minimum Gasteiger partial charge on any atom is -0.374 e. The van der Waals surface area contributed by atoms with Gasteiger partial charge in [0.05, 0.1) is 5.60 Å². The molecule has 0 fully saturated rings. The van der Waals surface area contributed by atoms with Gasteiger partial charge < -0.3 is 10.1 Å². The average Bonchev–Trinajstić information content (AvgIpc) is 2.11. The molecule has 0 radical (unpaired) electrons. The van der Waals surface area contributed by atoms with Crippen molar-refractivity contribution < 1.29 is 4.74 Å². The first-order chi connectivity index (χ1) is 6.58. The van der Waals surface area contributed by atoms with Gasteiger partial charge in [-0.2, -0.15) is 0 Å². The van der Waals surface area contributed by atoms with Gasteiger partial charge in [0.25, 0.3) is 0 Å². The molecular weight excluding hydrogens is 174 g/mol. The molecule has 1 atom stereocenters. The van der Waals surface area contributed by atoms with Gasteiger partial charge in [-0.1, -0.05) is 6.92 Å². The zero-order valence-electron chi connectivity index (χ0n) is 9.89. The van der Waals surface area contributed by atoms with Gasteiger partial charge in [0.2, 0.25) is 0 Å². The highest BCUT2D eigenvalue weighted by Gasteiger charge is 2.28. The molecule has 1 unspecified atom stereocenters. The van der Waals surface area contributed by atoms with E-state index in [9.17, 15) is 0 Å². The third-order valence-corrected chi connectivity index (χ3v) is 2.38. The van der Waals surface area contributed by atoms with Crippen molar-refractivity contribution >= 4 is 0 Å². The lowest BCUT2D eigenvalue weighted by molar-refractivity contribution is -0.0393. The normalized spacial score (nSPS) is 13.6. The van der Waals surface area contributed by atoms with Crippen LogP contribution in [0.25, 0.3) is 0 Å². The smallest absolute Gasteiger partial charge is 0.0778 e. The van der Waals surface area contributed by atoms with Gasteiger partial charge >= 0.3 is 0 Å². The molecule has 0 rings (SSSR count). The van der Waals surface area contributed by atoms with Crippen molar-refractivity contribution in [1.29, 1.82) is 0 Å². The molecule has 0 aromatic carbocycles. The van der Waals surface area contributed by atoms with E-state index in [4.69, 9.17) is 11.2 Å². The van der Waals surface area contributed by atoms with Crippen molar-refractivity contribution in [3.8, 4) is 12.3 Å². The molecule has 0 aliphatic heterocycles. The summed E-state index contributed by atoms with van der Waals surface area (Å²) in [7, 11) is 0. The standard InChI is InChI=1S/C12H23NO/c1-6-9-10-11(13-7-2)12(4,5)14-8-3/h1,11,13H,7-10H2,2-5H3. The van der Waals surface area contributed by atoms with Crippen LogP contribution in [0, 0.1) is 12.3 Å². The number of hydrogen-bond donors (Lipinski definition) is 1. The molecule has 0 aromatic heterocycles. The van der Waals surface area contributed by atoms with Crippen molar-refractivity contribution in [3.05, 3.63) is 0 Å². The van der Waals surface area contributed by atoms with Crippen molar-refractivity contribution in [2.45, 2.75) is 52.2 Å². The number of ether oxygens (including phenoxy) is 1. The van der Waals surface area contributed by atoms with Crippen LogP contribution in [-0.2, 0) is 4.74 Å². The number of rotatable bonds is 7. The number of nitrogens with one attached hydrogen (secondary N) is 1. The lowest BCUT2D eigenvalue weighted by Crippen LogP contribution is -2.48. The van der Waals surface area contributed by atoms with Gasteiger partial charge in [0, 0.05) is 19.1 Å². The van der Waals surface area contributed by atoms with E-state index in [2.05, 4.69) is 32.0 Å². The van der Waals surface area contributed by atoms with Crippen LogP contribution in [0.1, 0.15) is 40.5 Å². The first kappa shape index (κ1) is 13.5. The Morgan fingerprint density at radius 3 is 2.50 bits per heavy atom. The van der Waals surface area contributed by atoms with E-state index in [1.807, 2.05) is 6.92 Å². The van der Waals surface area contributed by atoms with Crippen LogP contribution in [0.4, 0.5) is 0 Å². The second kappa shape index (κ2) is 6.86. The summed E-state index contributed by atoms with van der Waals surface area (Å²) < 4.78 is 5.71. The molecule has 0 amide bonds. The Morgan fingerprint density at radius 2 is 2.07 bits per heavy atom. The van der Waals surface area contributed by atoms with Crippen molar-refractivity contribution in [1.82, 2.24) is 5.32 Å². The van der Waals surface area contributed by atoms with E-state index in [1.54, 1.807) is 0 Å². The Labute approximate surface area is 88.4 Å². The van der Waals surface area contributed by atoms with Gasteiger partial charge in [0.15, 0.2) is 0 Å². The zero-order valence-corrected chi connectivity index (χ0v) is 9.89. The molecule has 0 aromatic rings. The fourth-order valence-corrected chi connectivity index (χ4v) is 1.64. The third-order valence-electron chi connectivity index (χ3n) is 2.38. The quantitative estimate of drug-likeness (QED) is 0.632. The number of hydrogen-bond acceptors (Lipinski definition) is 2. The topological polar surface area (TPSA) is 21.3 Å². The lowest BCUT2D eigenvalue weighted by Gasteiger charge is -2.34. The highest BCUT2D eigenvalue weighted by molar-refractivity contribution is 4.91. The van der Waals surface area contributed by atoms with E-state index >= 15 is 0 Å². The van der Waals surface area contributed by atoms with Gasteiger partial charge in [-0.3, -0.25) is 0 Å². The Bertz CT molecular complexity index is 181. The van der Waals surface area contributed by atoms with Crippen LogP contribution >= 0.6 is 0 Å². The highest BCUT2D eigenvalue weighted by atomic mass is 16.5. The summed E-state index contributed by atoms with van der Waals surface area (Å²) in [5.74, 6) is 2.68. The van der Waals surface area contributed by atoms with E-state index in [-0.39, 0.29) is 5.60 Å². The molecule has 0 aliphatic carbocycles. The molecule has 82 valence electrons. The summed E-state index contributed by atoms with van der Waals surface area (Å²) in [5.41, 5.74) is -0.137. The predicted octanol–water partition coefficient (Wildman–Crippen LogP) is 2.19. The van der Waals surface area contributed by atoms with Crippen LogP contribution in [0.2, 0.25) is 0 Å². The minimum atomic E-state index is -0.137. The summed E-state index contributed by atoms with van der Waals surface area (Å²) in [6, 6.07) is 0.337. The molecule has 0 bridgehead atoms. The Morgan fingerprint density at radius 1 is 1.43 bits per heavy atom. The maximum absolute atomic E-state index is 5.71. The van der Waals surface area contributed by atoms with Crippen LogP contribution in [0.3, 0.4) is 0 Å². The monoisotopic (exact) mass is 197 g/mol. The summed E-state index contributed by atoms with van der Waals surface area (Å²) in [6.45, 7) is 10.0. The zero-order chi connectivity index (χ0) is 11.0. The Kier molecular flexibility index (Phi) is 6.61. The van der Waals surface area contributed by atoms with Crippen LogP contribution in [-0.4, -0.2) is 24.8 Å². The molecule has 2 heteroatoms. The molecule has 0 saturated heterocycles. The first-order valence-electron chi connectivity index (χ1n) is 5.39. The number of terminal acetylenes is 1. The maximum Gasteiger partial charge on any atom is 0.0778 e. The fourth-order valence-electron chi connectivity index (χ4n) is 1.64. The van der Waals surface area contributed by atoms with E-state index in [0.29, 0.717) is 6.04 Å².